The summed E-state index contributed by atoms with van der Waals surface area (Å²) in [6, 6.07) is 3.94. The molecule has 1 amide bonds. The molecule has 2 aromatic heterocycles. The van der Waals surface area contributed by atoms with Crippen molar-refractivity contribution in [2.45, 2.75) is 18.7 Å². The van der Waals surface area contributed by atoms with Crippen molar-refractivity contribution in [1.29, 1.82) is 0 Å². The number of benzene rings is 1. The summed E-state index contributed by atoms with van der Waals surface area (Å²) >= 11 is 0. The molecule has 0 aliphatic carbocycles. The highest BCUT2D eigenvalue weighted by Gasteiger charge is 2.32. The van der Waals surface area contributed by atoms with Crippen LogP contribution in [0, 0.1) is 5.82 Å². The summed E-state index contributed by atoms with van der Waals surface area (Å²) in [5.41, 5.74) is -1.40. The van der Waals surface area contributed by atoms with Gasteiger partial charge < -0.3 is 19.4 Å². The Balaban J connectivity index is 1.19. The van der Waals surface area contributed by atoms with Crippen LogP contribution < -0.4 is 15.4 Å². The molecule has 196 valence electrons. The van der Waals surface area contributed by atoms with E-state index < -0.39 is 29.2 Å². The fourth-order valence-corrected chi connectivity index (χ4v) is 4.51. The van der Waals surface area contributed by atoms with E-state index in [4.69, 9.17) is 4.74 Å². The van der Waals surface area contributed by atoms with Crippen LogP contribution in [0.5, 0.6) is 0 Å². The third-order valence-corrected chi connectivity index (χ3v) is 6.45. The standard InChI is InChI=1S/C23H23F4N7O3/c24-15-1-2-17-18(9-15)21(36)31-30-20(17)34-7-8-37-16(13-34)10-19(35)32-3-5-33(6-4-32)22-28-11-14(12-29-22)23(25,26)27/h1-2,9,11-12,16H,3-8,10,13H2,(H,31,36)/t16-/m0/s1. The molecular formula is C23H23F4N7O3. The highest BCUT2D eigenvalue weighted by atomic mass is 19.4. The van der Waals surface area contributed by atoms with Crippen molar-refractivity contribution in [3.63, 3.8) is 0 Å². The van der Waals surface area contributed by atoms with E-state index in [1.54, 1.807) is 9.80 Å². The Morgan fingerprint density at radius 3 is 2.49 bits per heavy atom. The zero-order chi connectivity index (χ0) is 26.2. The molecular weight excluding hydrogens is 498 g/mol. The van der Waals surface area contributed by atoms with Crippen LogP contribution >= 0.6 is 0 Å². The molecule has 0 radical (unpaired) electrons. The first-order valence-corrected chi connectivity index (χ1v) is 11.7. The Morgan fingerprint density at radius 2 is 1.78 bits per heavy atom. The number of piperazine rings is 1. The second-order valence-corrected chi connectivity index (χ2v) is 8.85. The van der Waals surface area contributed by atoms with E-state index in [1.807, 2.05) is 4.90 Å². The van der Waals surface area contributed by atoms with Gasteiger partial charge in [0.05, 0.1) is 30.1 Å². The predicted molar refractivity (Wildman–Crippen MR) is 125 cm³/mol. The fourth-order valence-electron chi connectivity index (χ4n) is 4.51. The monoisotopic (exact) mass is 521 g/mol. The SMILES string of the molecule is O=C(C[C@H]1CN(c2n[nH]c(=O)c3cc(F)ccc23)CCO1)N1CCN(c2ncc(C(F)(F)F)cn2)CC1. The second kappa shape index (κ2) is 9.92. The van der Waals surface area contributed by atoms with Gasteiger partial charge in [0.1, 0.15) is 5.82 Å². The Bertz CT molecular complexity index is 1340. The van der Waals surface area contributed by atoms with E-state index in [1.165, 1.54) is 12.1 Å². The van der Waals surface area contributed by atoms with Crippen molar-refractivity contribution < 1.29 is 27.1 Å². The van der Waals surface area contributed by atoms with Gasteiger partial charge >= 0.3 is 6.18 Å². The van der Waals surface area contributed by atoms with Crippen molar-refractivity contribution in [3.05, 3.63) is 52.3 Å². The Kier molecular flexibility index (Phi) is 6.67. The van der Waals surface area contributed by atoms with Crippen LogP contribution in [-0.2, 0) is 15.7 Å². The van der Waals surface area contributed by atoms with Crippen LogP contribution in [0.4, 0.5) is 29.3 Å². The zero-order valence-corrected chi connectivity index (χ0v) is 19.5. The lowest BCUT2D eigenvalue weighted by Crippen LogP contribution is -2.51. The number of H-pyrrole nitrogens is 1. The number of alkyl halides is 3. The number of aromatic nitrogens is 4. The number of hydrogen-bond donors (Lipinski definition) is 1. The van der Waals surface area contributed by atoms with Gasteiger partial charge in [-0.2, -0.15) is 18.3 Å². The number of rotatable bonds is 4. The lowest BCUT2D eigenvalue weighted by molar-refractivity contribution is -0.138. The number of halogens is 4. The first-order chi connectivity index (χ1) is 17.7. The minimum atomic E-state index is -4.50. The molecule has 0 bridgehead atoms. The molecule has 37 heavy (non-hydrogen) atoms. The van der Waals surface area contributed by atoms with E-state index in [0.29, 0.717) is 57.1 Å². The number of ether oxygens (including phenoxy) is 1. The summed E-state index contributed by atoms with van der Waals surface area (Å²) in [5, 5.41) is 7.26. The third-order valence-electron chi connectivity index (χ3n) is 6.45. The Hall–Kier alpha value is -3.81. The van der Waals surface area contributed by atoms with E-state index in [9.17, 15) is 27.2 Å². The number of nitrogens with one attached hydrogen (secondary N) is 1. The molecule has 0 spiro atoms. The summed E-state index contributed by atoms with van der Waals surface area (Å²) in [6.07, 6.45) is -3.28. The molecule has 5 rings (SSSR count). The summed E-state index contributed by atoms with van der Waals surface area (Å²) in [4.78, 5) is 38.0. The van der Waals surface area contributed by atoms with Gasteiger partial charge in [0.15, 0.2) is 5.82 Å². The summed E-state index contributed by atoms with van der Waals surface area (Å²) < 4.78 is 57.7. The van der Waals surface area contributed by atoms with Gasteiger partial charge in [-0.1, -0.05) is 0 Å². The number of nitrogens with zero attached hydrogens (tertiary/aromatic N) is 6. The third kappa shape index (κ3) is 5.33. The molecule has 1 aromatic carbocycles. The van der Waals surface area contributed by atoms with Gasteiger partial charge in [0, 0.05) is 57.0 Å². The van der Waals surface area contributed by atoms with Gasteiger partial charge in [-0.25, -0.2) is 19.5 Å². The van der Waals surface area contributed by atoms with Crippen molar-refractivity contribution in [3.8, 4) is 0 Å². The smallest absolute Gasteiger partial charge is 0.374 e. The number of morpholine rings is 1. The second-order valence-electron chi connectivity index (χ2n) is 8.85. The van der Waals surface area contributed by atoms with Crippen LogP contribution in [0.15, 0.2) is 35.4 Å². The van der Waals surface area contributed by atoms with Crippen molar-refractivity contribution in [2.24, 2.45) is 0 Å². The normalized spacial score (nSPS) is 18.9. The molecule has 14 heteroatoms. The summed E-state index contributed by atoms with van der Waals surface area (Å²) in [6.45, 7) is 2.71. The molecule has 10 nitrogen and oxygen atoms in total. The quantitative estimate of drug-likeness (QED) is 0.519. The molecule has 3 aromatic rings. The topological polar surface area (TPSA) is 108 Å². The summed E-state index contributed by atoms with van der Waals surface area (Å²) in [5.74, 6) is 0.0409. The van der Waals surface area contributed by atoms with Gasteiger partial charge in [-0.15, -0.1) is 0 Å². The van der Waals surface area contributed by atoms with Crippen LogP contribution in [0.3, 0.4) is 0 Å². The molecule has 2 saturated heterocycles. The molecule has 0 unspecified atom stereocenters. The maximum Gasteiger partial charge on any atom is 0.419 e. The number of aromatic amines is 1. The van der Waals surface area contributed by atoms with E-state index in [-0.39, 0.29) is 23.7 Å². The first kappa shape index (κ1) is 24.9. The van der Waals surface area contributed by atoms with Gasteiger partial charge in [-0.3, -0.25) is 9.59 Å². The molecule has 0 saturated carbocycles. The molecule has 1 N–H and O–H groups in total. The molecule has 2 aliphatic rings. The maximum atomic E-state index is 13.7. The fraction of sp³-hybridized carbons (Fsp3) is 0.435. The number of amides is 1. The minimum Gasteiger partial charge on any atom is -0.374 e. The average Bonchev–Trinajstić information content (AvgIpc) is 2.89. The average molecular weight is 521 g/mol. The van der Waals surface area contributed by atoms with Crippen molar-refractivity contribution >= 4 is 28.4 Å². The number of carbonyl (C=O) groups is 1. The van der Waals surface area contributed by atoms with Crippen LogP contribution in [0.1, 0.15) is 12.0 Å². The van der Waals surface area contributed by atoms with E-state index >= 15 is 0 Å². The Labute approximate surface area is 207 Å². The largest absolute Gasteiger partial charge is 0.419 e. The van der Waals surface area contributed by atoms with Gasteiger partial charge in [0.2, 0.25) is 11.9 Å². The van der Waals surface area contributed by atoms with Gasteiger partial charge in [0.25, 0.3) is 5.56 Å². The summed E-state index contributed by atoms with van der Waals surface area (Å²) in [7, 11) is 0. The zero-order valence-electron chi connectivity index (χ0n) is 19.5. The maximum absolute atomic E-state index is 13.7. The Morgan fingerprint density at radius 1 is 1.05 bits per heavy atom. The number of hydrogen-bond acceptors (Lipinski definition) is 8. The van der Waals surface area contributed by atoms with Crippen molar-refractivity contribution in [2.75, 3.05) is 55.7 Å². The first-order valence-electron chi connectivity index (χ1n) is 11.7. The molecule has 2 fully saturated rings. The number of anilines is 2. The molecule has 2 aliphatic heterocycles. The highest BCUT2D eigenvalue weighted by molar-refractivity contribution is 5.91. The van der Waals surface area contributed by atoms with Crippen molar-refractivity contribution in [1.82, 2.24) is 25.1 Å². The molecule has 1 atom stereocenters. The number of carbonyl (C=O) groups excluding carboxylic acids is 1. The van der Waals surface area contributed by atoms with E-state index in [0.717, 1.165) is 18.5 Å². The minimum absolute atomic E-state index is 0.110. The highest BCUT2D eigenvalue weighted by Crippen LogP contribution is 2.29. The van der Waals surface area contributed by atoms with Crippen LogP contribution in [-0.4, -0.2) is 83.0 Å². The number of fused-ring (bicyclic) bond motifs is 1. The van der Waals surface area contributed by atoms with E-state index in [2.05, 4.69) is 20.2 Å². The lowest BCUT2D eigenvalue weighted by Gasteiger charge is -2.37. The van der Waals surface area contributed by atoms with Crippen LogP contribution in [0.2, 0.25) is 0 Å². The lowest BCUT2D eigenvalue weighted by atomic mass is 10.1. The predicted octanol–water partition coefficient (Wildman–Crippen LogP) is 1.82. The van der Waals surface area contributed by atoms with Crippen LogP contribution in [0.25, 0.3) is 10.8 Å². The molecule has 4 heterocycles. The van der Waals surface area contributed by atoms with Gasteiger partial charge in [-0.05, 0) is 18.2 Å².